The number of amides is 2. The van der Waals surface area contributed by atoms with Gasteiger partial charge in [-0.25, -0.2) is 4.79 Å². The van der Waals surface area contributed by atoms with Crippen molar-refractivity contribution >= 4 is 34.1 Å². The molecule has 0 bridgehead atoms. The van der Waals surface area contributed by atoms with Crippen molar-refractivity contribution in [2.24, 2.45) is 0 Å². The van der Waals surface area contributed by atoms with E-state index >= 15 is 0 Å². The zero-order chi connectivity index (χ0) is 22.5. The van der Waals surface area contributed by atoms with E-state index in [2.05, 4.69) is 5.32 Å². The summed E-state index contributed by atoms with van der Waals surface area (Å²) in [5.74, 6) is -1.17. The van der Waals surface area contributed by atoms with E-state index < -0.39 is 5.97 Å². The van der Waals surface area contributed by atoms with Crippen LogP contribution in [0.15, 0.2) is 54.6 Å². The fraction of sp³-hybridized carbons (Fsp3) is 0.208. The number of ether oxygens (including phenoxy) is 1. The maximum atomic E-state index is 12.9. The quantitative estimate of drug-likeness (QED) is 0.560. The van der Waals surface area contributed by atoms with Gasteiger partial charge in [0.1, 0.15) is 5.00 Å². The molecular formula is C24H24N2O4S. The van der Waals surface area contributed by atoms with Crippen LogP contribution in [0.4, 0.5) is 5.00 Å². The van der Waals surface area contributed by atoms with Crippen molar-refractivity contribution in [1.82, 2.24) is 4.90 Å². The Kier molecular flexibility index (Phi) is 6.87. The van der Waals surface area contributed by atoms with Crippen LogP contribution in [-0.4, -0.2) is 43.4 Å². The molecular weight excluding hydrogens is 412 g/mol. The van der Waals surface area contributed by atoms with Gasteiger partial charge in [-0.3, -0.25) is 9.59 Å². The van der Waals surface area contributed by atoms with Gasteiger partial charge in [0, 0.05) is 19.7 Å². The molecule has 3 aromatic rings. The monoisotopic (exact) mass is 436 g/mol. The summed E-state index contributed by atoms with van der Waals surface area (Å²) in [6, 6.07) is 17.1. The van der Waals surface area contributed by atoms with Gasteiger partial charge in [0.25, 0.3) is 11.8 Å². The zero-order valence-electron chi connectivity index (χ0n) is 17.9. The summed E-state index contributed by atoms with van der Waals surface area (Å²) in [5, 5.41) is 3.09. The Hall–Kier alpha value is -3.45. The van der Waals surface area contributed by atoms with Crippen molar-refractivity contribution in [2.75, 3.05) is 26.0 Å². The predicted molar refractivity (Wildman–Crippen MR) is 123 cm³/mol. The Morgan fingerprint density at radius 1 is 0.968 bits per heavy atom. The van der Waals surface area contributed by atoms with Crippen LogP contribution >= 0.6 is 11.3 Å². The molecule has 0 fully saturated rings. The topological polar surface area (TPSA) is 75.7 Å². The lowest BCUT2D eigenvalue weighted by Gasteiger charge is -2.09. The maximum absolute atomic E-state index is 12.9. The van der Waals surface area contributed by atoms with Gasteiger partial charge in [-0.2, -0.15) is 0 Å². The molecule has 1 N–H and O–H groups in total. The first kappa shape index (κ1) is 22.2. The van der Waals surface area contributed by atoms with Crippen LogP contribution < -0.4 is 5.32 Å². The largest absolute Gasteiger partial charge is 0.462 e. The number of hydrogen-bond acceptors (Lipinski definition) is 5. The van der Waals surface area contributed by atoms with Crippen LogP contribution in [0.2, 0.25) is 0 Å². The third-order valence-electron chi connectivity index (χ3n) is 4.71. The molecule has 1 heterocycles. The highest BCUT2D eigenvalue weighted by molar-refractivity contribution is 7.18. The van der Waals surface area contributed by atoms with Gasteiger partial charge in [-0.05, 0) is 42.7 Å². The Morgan fingerprint density at radius 2 is 1.58 bits per heavy atom. The lowest BCUT2D eigenvalue weighted by atomic mass is 10.0. The van der Waals surface area contributed by atoms with Crippen LogP contribution in [0.1, 0.15) is 42.9 Å². The number of anilines is 1. The van der Waals surface area contributed by atoms with Crippen molar-refractivity contribution in [3.8, 4) is 11.1 Å². The summed E-state index contributed by atoms with van der Waals surface area (Å²) in [7, 11) is 3.27. The highest BCUT2D eigenvalue weighted by Crippen LogP contribution is 2.35. The summed E-state index contributed by atoms with van der Waals surface area (Å²) in [4.78, 5) is 39.7. The van der Waals surface area contributed by atoms with E-state index in [1.165, 1.54) is 4.90 Å². The number of esters is 1. The first-order valence-electron chi connectivity index (χ1n) is 9.82. The number of benzene rings is 2. The van der Waals surface area contributed by atoms with Crippen LogP contribution in [0.25, 0.3) is 11.1 Å². The van der Waals surface area contributed by atoms with Crippen molar-refractivity contribution in [2.45, 2.75) is 13.8 Å². The number of nitrogens with one attached hydrogen (secondary N) is 1. The third kappa shape index (κ3) is 4.83. The first-order chi connectivity index (χ1) is 14.8. The molecule has 0 spiro atoms. The van der Waals surface area contributed by atoms with Crippen molar-refractivity contribution in [1.29, 1.82) is 0 Å². The van der Waals surface area contributed by atoms with Gasteiger partial charge in [0.05, 0.1) is 17.0 Å². The Bertz CT molecular complexity index is 1100. The van der Waals surface area contributed by atoms with E-state index in [0.29, 0.717) is 21.0 Å². The second-order valence-electron chi connectivity index (χ2n) is 7.08. The SMILES string of the molecule is CCOC(=O)c1c(NC(=O)c2ccc(-c3ccccc3)cc2)sc(C(=O)N(C)C)c1C. The molecule has 0 radical (unpaired) electrons. The smallest absolute Gasteiger partial charge is 0.341 e. The molecule has 31 heavy (non-hydrogen) atoms. The average molecular weight is 437 g/mol. The second-order valence-corrected chi connectivity index (χ2v) is 8.10. The first-order valence-corrected chi connectivity index (χ1v) is 10.6. The summed E-state index contributed by atoms with van der Waals surface area (Å²) < 4.78 is 5.15. The maximum Gasteiger partial charge on any atom is 0.341 e. The summed E-state index contributed by atoms with van der Waals surface area (Å²) in [5.41, 5.74) is 3.21. The molecule has 7 heteroatoms. The summed E-state index contributed by atoms with van der Waals surface area (Å²) in [6.45, 7) is 3.58. The molecule has 160 valence electrons. The molecule has 3 rings (SSSR count). The molecule has 6 nitrogen and oxygen atoms in total. The van der Waals surface area contributed by atoms with Gasteiger partial charge in [-0.15, -0.1) is 11.3 Å². The molecule has 0 unspecified atom stereocenters. The summed E-state index contributed by atoms with van der Waals surface area (Å²) in [6.07, 6.45) is 0. The molecule has 2 amide bonds. The molecule has 0 aliphatic rings. The van der Waals surface area contributed by atoms with Gasteiger partial charge in [0.2, 0.25) is 0 Å². The van der Waals surface area contributed by atoms with Gasteiger partial charge in [0.15, 0.2) is 0 Å². The average Bonchev–Trinajstić information content (AvgIpc) is 3.09. The fourth-order valence-electron chi connectivity index (χ4n) is 3.08. The summed E-state index contributed by atoms with van der Waals surface area (Å²) >= 11 is 1.08. The van der Waals surface area contributed by atoms with E-state index in [4.69, 9.17) is 4.74 Å². The minimum Gasteiger partial charge on any atom is -0.462 e. The van der Waals surface area contributed by atoms with Crippen LogP contribution in [0.3, 0.4) is 0 Å². The predicted octanol–water partition coefficient (Wildman–Crippen LogP) is 4.85. The number of carbonyl (C=O) groups excluding carboxylic acids is 3. The van der Waals surface area contributed by atoms with Crippen molar-refractivity contribution in [3.63, 3.8) is 0 Å². The molecule has 0 saturated heterocycles. The van der Waals surface area contributed by atoms with Gasteiger partial charge >= 0.3 is 5.97 Å². The van der Waals surface area contributed by atoms with Crippen LogP contribution in [0.5, 0.6) is 0 Å². The molecule has 0 saturated carbocycles. The highest BCUT2D eigenvalue weighted by atomic mass is 32.1. The van der Waals surface area contributed by atoms with Crippen molar-refractivity contribution < 1.29 is 19.1 Å². The standard InChI is InChI=1S/C24H24N2O4S/c1-5-30-24(29)19-15(2)20(23(28)26(3)4)31-22(19)25-21(27)18-13-11-17(12-14-18)16-9-7-6-8-10-16/h6-14H,5H2,1-4H3,(H,25,27). The van der Waals surface area contributed by atoms with E-state index in [-0.39, 0.29) is 24.0 Å². The lowest BCUT2D eigenvalue weighted by Crippen LogP contribution is -2.21. The number of hydrogen-bond donors (Lipinski definition) is 1. The molecule has 0 aliphatic carbocycles. The Morgan fingerprint density at radius 3 is 2.16 bits per heavy atom. The van der Waals surface area contributed by atoms with Gasteiger partial charge < -0.3 is 15.0 Å². The highest BCUT2D eigenvalue weighted by Gasteiger charge is 2.27. The molecule has 0 aliphatic heterocycles. The Balaban J connectivity index is 1.90. The third-order valence-corrected chi connectivity index (χ3v) is 5.90. The fourth-order valence-corrected chi connectivity index (χ4v) is 4.29. The minimum absolute atomic E-state index is 0.194. The lowest BCUT2D eigenvalue weighted by molar-refractivity contribution is 0.0527. The number of carbonyl (C=O) groups is 3. The van der Waals surface area contributed by atoms with E-state index in [9.17, 15) is 14.4 Å². The minimum atomic E-state index is -0.566. The molecule has 0 atom stereocenters. The van der Waals surface area contributed by atoms with Crippen LogP contribution in [-0.2, 0) is 4.74 Å². The number of rotatable bonds is 6. The zero-order valence-corrected chi connectivity index (χ0v) is 18.7. The van der Waals surface area contributed by atoms with Gasteiger partial charge in [-0.1, -0.05) is 42.5 Å². The molecule has 2 aromatic carbocycles. The van der Waals surface area contributed by atoms with E-state index in [0.717, 1.165) is 22.5 Å². The number of thiophene rings is 1. The normalized spacial score (nSPS) is 10.5. The van der Waals surface area contributed by atoms with Crippen LogP contribution in [0, 0.1) is 6.92 Å². The number of nitrogens with zero attached hydrogens (tertiary/aromatic N) is 1. The van der Waals surface area contributed by atoms with E-state index in [1.807, 2.05) is 42.5 Å². The molecule has 1 aromatic heterocycles. The second kappa shape index (κ2) is 9.57. The van der Waals surface area contributed by atoms with E-state index in [1.54, 1.807) is 40.1 Å². The van der Waals surface area contributed by atoms with Crippen molar-refractivity contribution in [3.05, 3.63) is 76.2 Å². The Labute approximate surface area is 185 Å².